The lowest BCUT2D eigenvalue weighted by atomic mass is 10.0. The first-order valence-corrected chi connectivity index (χ1v) is 7.99. The van der Waals surface area contributed by atoms with E-state index >= 15 is 0 Å². The van der Waals surface area contributed by atoms with E-state index in [1.165, 1.54) is 51.4 Å². The largest absolute Gasteiger partial charge is 0.381 e. The number of hydrogen-bond acceptors (Lipinski definition) is 2. The van der Waals surface area contributed by atoms with Gasteiger partial charge in [0.2, 0.25) is 0 Å². The summed E-state index contributed by atoms with van der Waals surface area (Å²) in [7, 11) is 0. The molecule has 0 saturated carbocycles. The highest BCUT2D eigenvalue weighted by molar-refractivity contribution is 5.78. The molecule has 0 N–H and O–H groups in total. The van der Waals surface area contributed by atoms with Crippen molar-refractivity contribution in [3.63, 3.8) is 0 Å². The van der Waals surface area contributed by atoms with Crippen LogP contribution in [0.25, 0.3) is 0 Å². The van der Waals surface area contributed by atoms with E-state index in [4.69, 9.17) is 4.74 Å². The van der Waals surface area contributed by atoms with Gasteiger partial charge in [0.25, 0.3) is 0 Å². The Hall–Kier alpha value is -0.370. The fourth-order valence-electron chi connectivity index (χ4n) is 2.52. The van der Waals surface area contributed by atoms with E-state index in [9.17, 15) is 4.79 Å². The molecule has 0 spiro atoms. The SMILES string of the molecule is O=C1CCCCCCCCCOCCCCCC1. The molecule has 1 rings (SSSR count). The Labute approximate surface area is 112 Å². The Morgan fingerprint density at radius 3 is 1.44 bits per heavy atom. The van der Waals surface area contributed by atoms with Crippen molar-refractivity contribution >= 4 is 5.78 Å². The average molecular weight is 254 g/mol. The van der Waals surface area contributed by atoms with Gasteiger partial charge in [-0.25, -0.2) is 0 Å². The normalized spacial score (nSPS) is 23.4. The summed E-state index contributed by atoms with van der Waals surface area (Å²) in [5.41, 5.74) is 0. The number of carbonyl (C=O) groups excluding carboxylic acids is 1. The standard InChI is InChI=1S/C16H30O2/c17-16-12-8-4-2-1-3-6-10-14-18-15-11-7-5-9-13-16/h1-15H2. The zero-order valence-corrected chi connectivity index (χ0v) is 11.9. The number of ketones is 1. The Balaban J connectivity index is 2.11. The maximum atomic E-state index is 11.6. The van der Waals surface area contributed by atoms with E-state index in [1.807, 2.05) is 0 Å². The molecule has 2 heteroatoms. The molecular formula is C16H30O2. The van der Waals surface area contributed by atoms with E-state index in [1.54, 1.807) is 0 Å². The Morgan fingerprint density at radius 1 is 0.556 bits per heavy atom. The zero-order valence-electron chi connectivity index (χ0n) is 11.9. The molecule has 18 heavy (non-hydrogen) atoms. The quantitative estimate of drug-likeness (QED) is 0.628. The molecule has 0 aromatic carbocycles. The highest BCUT2D eigenvalue weighted by Gasteiger charge is 2.02. The van der Waals surface area contributed by atoms with Gasteiger partial charge in [0.05, 0.1) is 0 Å². The Kier molecular flexibility index (Phi) is 10.2. The number of rotatable bonds is 0. The molecule has 1 heterocycles. The topological polar surface area (TPSA) is 26.3 Å². The molecular weight excluding hydrogens is 224 g/mol. The molecule has 0 atom stereocenters. The van der Waals surface area contributed by atoms with Crippen LogP contribution in [0.3, 0.4) is 0 Å². The molecule has 1 fully saturated rings. The molecule has 0 amide bonds. The second-order valence-corrected chi connectivity index (χ2v) is 5.54. The minimum absolute atomic E-state index is 0.482. The second kappa shape index (κ2) is 11.7. The third-order valence-corrected chi connectivity index (χ3v) is 3.74. The van der Waals surface area contributed by atoms with Gasteiger partial charge in [-0.05, 0) is 25.7 Å². The predicted molar refractivity (Wildman–Crippen MR) is 75.8 cm³/mol. The van der Waals surface area contributed by atoms with Gasteiger partial charge in [-0.15, -0.1) is 0 Å². The van der Waals surface area contributed by atoms with Crippen molar-refractivity contribution in [2.75, 3.05) is 13.2 Å². The Morgan fingerprint density at radius 2 is 0.944 bits per heavy atom. The summed E-state index contributed by atoms with van der Waals surface area (Å²) in [5, 5.41) is 0. The van der Waals surface area contributed by atoms with Crippen LogP contribution >= 0.6 is 0 Å². The smallest absolute Gasteiger partial charge is 0.132 e. The molecule has 0 radical (unpaired) electrons. The summed E-state index contributed by atoms with van der Waals surface area (Å²) in [6, 6.07) is 0. The minimum atomic E-state index is 0.482. The van der Waals surface area contributed by atoms with Crippen LogP contribution in [0.1, 0.15) is 83.5 Å². The van der Waals surface area contributed by atoms with Crippen LogP contribution in [0.5, 0.6) is 0 Å². The number of carbonyl (C=O) groups is 1. The molecule has 0 unspecified atom stereocenters. The van der Waals surface area contributed by atoms with Crippen LogP contribution < -0.4 is 0 Å². The van der Waals surface area contributed by atoms with Crippen molar-refractivity contribution in [3.8, 4) is 0 Å². The second-order valence-electron chi connectivity index (χ2n) is 5.54. The first-order valence-electron chi connectivity index (χ1n) is 7.99. The van der Waals surface area contributed by atoms with Crippen LogP contribution in [-0.2, 0) is 9.53 Å². The molecule has 0 aromatic heterocycles. The van der Waals surface area contributed by atoms with Crippen LogP contribution in [0.2, 0.25) is 0 Å². The van der Waals surface area contributed by atoms with Crippen molar-refractivity contribution in [3.05, 3.63) is 0 Å². The van der Waals surface area contributed by atoms with Gasteiger partial charge < -0.3 is 4.74 Å². The summed E-state index contributed by atoms with van der Waals surface area (Å²) < 4.78 is 5.61. The molecule has 2 nitrogen and oxygen atoms in total. The third kappa shape index (κ3) is 9.64. The summed E-state index contributed by atoms with van der Waals surface area (Å²) in [6.45, 7) is 1.85. The summed E-state index contributed by atoms with van der Waals surface area (Å²) in [4.78, 5) is 11.6. The predicted octanol–water partition coefficient (Wildman–Crippen LogP) is 4.66. The highest BCUT2D eigenvalue weighted by Crippen LogP contribution is 2.12. The van der Waals surface area contributed by atoms with Crippen molar-refractivity contribution in [1.82, 2.24) is 0 Å². The minimum Gasteiger partial charge on any atom is -0.381 e. The van der Waals surface area contributed by atoms with E-state index in [0.717, 1.165) is 45.3 Å². The van der Waals surface area contributed by atoms with Crippen molar-refractivity contribution in [2.24, 2.45) is 0 Å². The number of ether oxygens (including phenoxy) is 1. The lowest BCUT2D eigenvalue weighted by molar-refractivity contribution is -0.119. The fraction of sp³-hybridized carbons (Fsp3) is 0.938. The highest BCUT2D eigenvalue weighted by atomic mass is 16.5. The van der Waals surface area contributed by atoms with Crippen molar-refractivity contribution in [2.45, 2.75) is 83.5 Å². The summed E-state index contributed by atoms with van der Waals surface area (Å²) >= 11 is 0. The molecule has 1 saturated heterocycles. The van der Waals surface area contributed by atoms with Crippen molar-refractivity contribution < 1.29 is 9.53 Å². The summed E-state index contributed by atoms with van der Waals surface area (Å²) in [5.74, 6) is 0.482. The van der Waals surface area contributed by atoms with E-state index in [-0.39, 0.29) is 0 Å². The van der Waals surface area contributed by atoms with Gasteiger partial charge in [-0.2, -0.15) is 0 Å². The van der Waals surface area contributed by atoms with E-state index < -0.39 is 0 Å². The first kappa shape index (κ1) is 15.7. The number of hydrogen-bond donors (Lipinski definition) is 0. The maximum Gasteiger partial charge on any atom is 0.132 e. The van der Waals surface area contributed by atoms with Gasteiger partial charge in [0.1, 0.15) is 5.78 Å². The third-order valence-electron chi connectivity index (χ3n) is 3.74. The monoisotopic (exact) mass is 254 g/mol. The molecule has 0 bridgehead atoms. The first-order chi connectivity index (χ1) is 8.89. The van der Waals surface area contributed by atoms with Gasteiger partial charge >= 0.3 is 0 Å². The van der Waals surface area contributed by atoms with Gasteiger partial charge in [0.15, 0.2) is 0 Å². The lowest BCUT2D eigenvalue weighted by Gasteiger charge is -2.04. The molecule has 0 aromatic rings. The molecule has 1 aliphatic heterocycles. The number of Topliss-reactive ketones (excluding diaryl/α,β-unsaturated/α-hetero) is 1. The summed E-state index contributed by atoms with van der Waals surface area (Å²) in [6.07, 6.45) is 15.1. The Bertz CT molecular complexity index is 181. The van der Waals surface area contributed by atoms with Crippen molar-refractivity contribution in [1.29, 1.82) is 0 Å². The molecule has 106 valence electrons. The van der Waals surface area contributed by atoms with Gasteiger partial charge in [0, 0.05) is 26.1 Å². The molecule has 0 aliphatic carbocycles. The van der Waals surface area contributed by atoms with Gasteiger partial charge in [-0.1, -0.05) is 44.9 Å². The zero-order chi connectivity index (χ0) is 12.9. The lowest BCUT2D eigenvalue weighted by Crippen LogP contribution is -1.98. The average Bonchev–Trinajstić information content (AvgIpc) is 2.37. The van der Waals surface area contributed by atoms with Crippen LogP contribution in [0, 0.1) is 0 Å². The van der Waals surface area contributed by atoms with Crippen LogP contribution in [0.15, 0.2) is 0 Å². The van der Waals surface area contributed by atoms with E-state index in [0.29, 0.717) is 5.78 Å². The maximum absolute atomic E-state index is 11.6. The molecule has 1 aliphatic rings. The fourth-order valence-corrected chi connectivity index (χ4v) is 2.52. The van der Waals surface area contributed by atoms with Gasteiger partial charge in [-0.3, -0.25) is 4.79 Å². The van der Waals surface area contributed by atoms with Crippen LogP contribution in [-0.4, -0.2) is 19.0 Å². The van der Waals surface area contributed by atoms with E-state index in [2.05, 4.69) is 0 Å². The van der Waals surface area contributed by atoms with Crippen LogP contribution in [0.4, 0.5) is 0 Å².